The van der Waals surface area contributed by atoms with Crippen LogP contribution in [0.3, 0.4) is 0 Å². The molecular weight excluding hydrogens is 321 g/mol. The average molecular weight is 327 g/mol. The van der Waals surface area contributed by atoms with Gasteiger partial charge in [-0.25, -0.2) is 9.98 Å². The molecule has 0 amide bonds. The molecule has 0 unspecified atom stereocenters. The minimum absolute atomic E-state index is 0.00444. The highest BCUT2D eigenvalue weighted by Gasteiger charge is 2.58. The van der Waals surface area contributed by atoms with Gasteiger partial charge in [-0.1, -0.05) is 0 Å². The van der Waals surface area contributed by atoms with Crippen molar-refractivity contribution >= 4 is 5.84 Å². The van der Waals surface area contributed by atoms with Crippen LogP contribution in [0.2, 0.25) is 0 Å². The highest BCUT2D eigenvalue weighted by Crippen LogP contribution is 2.37. The van der Waals surface area contributed by atoms with Gasteiger partial charge in [0.25, 0.3) is 0 Å². The van der Waals surface area contributed by atoms with Gasteiger partial charge in [0.15, 0.2) is 0 Å². The van der Waals surface area contributed by atoms with Gasteiger partial charge in [0.1, 0.15) is 5.82 Å². The van der Waals surface area contributed by atoms with E-state index in [1.807, 2.05) is 4.99 Å². The number of hydrogen-bond acceptors (Lipinski definition) is 2. The molecule has 0 saturated carbocycles. The van der Waals surface area contributed by atoms with Crippen LogP contribution in [-0.4, -0.2) is 40.0 Å². The van der Waals surface area contributed by atoms with E-state index in [0.29, 0.717) is 6.20 Å². The summed E-state index contributed by atoms with van der Waals surface area (Å²) in [5.41, 5.74) is 0. The zero-order chi connectivity index (χ0) is 16.6. The molecule has 3 nitrogen and oxygen atoms in total. The molecule has 1 heterocycles. The van der Waals surface area contributed by atoms with E-state index in [9.17, 15) is 39.5 Å². The second-order valence-corrected chi connectivity index (χ2v) is 3.78. The van der Waals surface area contributed by atoms with Crippen LogP contribution in [0.15, 0.2) is 17.4 Å². The van der Waals surface area contributed by atoms with Crippen LogP contribution in [-0.2, 0) is 0 Å². The van der Waals surface area contributed by atoms with Crippen molar-refractivity contribution < 1.29 is 39.5 Å². The molecule has 12 heteroatoms. The lowest BCUT2D eigenvalue weighted by molar-refractivity contribution is -0.248. The number of aromatic nitrogens is 2. The van der Waals surface area contributed by atoms with Crippen molar-refractivity contribution in [1.29, 1.82) is 0 Å². The predicted octanol–water partition coefficient (Wildman–Crippen LogP) is 3.49. The minimum atomic E-state index is -6.01. The summed E-state index contributed by atoms with van der Waals surface area (Å²) in [5.74, 6) is -2.81. The Hall–Kier alpha value is -1.75. The summed E-state index contributed by atoms with van der Waals surface area (Å²) in [6.45, 7) is 0.970. The van der Waals surface area contributed by atoms with Crippen molar-refractivity contribution in [2.75, 3.05) is 0 Å². The molecule has 0 aromatic carbocycles. The number of aliphatic imine (C=N–C) groups is 1. The largest absolute Gasteiger partial charge is 0.449 e. The van der Waals surface area contributed by atoms with E-state index in [4.69, 9.17) is 0 Å². The summed E-state index contributed by atoms with van der Waals surface area (Å²) in [7, 11) is 0. The third kappa shape index (κ3) is 4.11. The summed E-state index contributed by atoms with van der Waals surface area (Å²) in [5, 5.41) is 0. The number of aryl methyl sites for hydroxylation is 1. The first-order valence-corrected chi connectivity index (χ1v) is 5.03. The lowest BCUT2D eigenvalue weighted by Crippen LogP contribution is -2.44. The van der Waals surface area contributed by atoms with Crippen LogP contribution in [0.1, 0.15) is 5.82 Å². The Bertz CT molecular complexity index is 506. The van der Waals surface area contributed by atoms with Gasteiger partial charge in [-0.3, -0.25) is 4.57 Å². The smallest absolute Gasteiger partial charge is 0.284 e. The molecule has 0 radical (unpaired) electrons. The summed E-state index contributed by atoms with van der Waals surface area (Å²) >= 11 is 0. The minimum Gasteiger partial charge on any atom is -0.284 e. The zero-order valence-corrected chi connectivity index (χ0v) is 9.98. The highest BCUT2D eigenvalue weighted by molar-refractivity contribution is 5.90. The summed E-state index contributed by atoms with van der Waals surface area (Å²) in [6, 6.07) is -4.48. The van der Waals surface area contributed by atoms with Gasteiger partial charge in [0, 0.05) is 12.4 Å². The van der Waals surface area contributed by atoms with E-state index < -0.39 is 36.2 Å². The Morgan fingerprint density at radius 2 is 1.52 bits per heavy atom. The second-order valence-electron chi connectivity index (χ2n) is 3.78. The van der Waals surface area contributed by atoms with Crippen molar-refractivity contribution in [2.24, 2.45) is 4.99 Å². The number of imidazole rings is 1. The third-order valence-corrected chi connectivity index (χ3v) is 2.18. The number of hydrogen-bond donors (Lipinski definition) is 0. The fourth-order valence-electron chi connectivity index (χ4n) is 1.33. The molecule has 0 aliphatic rings. The van der Waals surface area contributed by atoms with Crippen molar-refractivity contribution in [1.82, 2.24) is 9.55 Å². The summed E-state index contributed by atoms with van der Waals surface area (Å²) in [6.07, 6.45) is -16.2. The molecule has 1 rings (SSSR count). The summed E-state index contributed by atoms with van der Waals surface area (Å²) < 4.78 is 112. The summed E-state index contributed by atoms with van der Waals surface area (Å²) in [4.78, 5) is 5.16. The van der Waals surface area contributed by atoms with Gasteiger partial charge in [-0.05, 0) is 6.92 Å². The zero-order valence-electron chi connectivity index (χ0n) is 9.98. The van der Waals surface area contributed by atoms with E-state index in [1.165, 1.54) is 0 Å². The molecule has 21 heavy (non-hydrogen) atoms. The quantitative estimate of drug-likeness (QED) is 0.441. The average Bonchev–Trinajstić information content (AvgIpc) is 2.59. The van der Waals surface area contributed by atoms with Crippen LogP contribution in [0.25, 0.3) is 0 Å². The van der Waals surface area contributed by atoms with Crippen LogP contribution < -0.4 is 0 Å². The van der Waals surface area contributed by atoms with E-state index in [-0.39, 0.29) is 4.57 Å². The molecule has 120 valence electrons. The van der Waals surface area contributed by atoms with Crippen molar-refractivity contribution in [3.63, 3.8) is 0 Å². The Balaban J connectivity index is 3.48. The molecule has 0 bridgehead atoms. The normalized spacial score (nSPS) is 14.9. The molecule has 0 N–H and O–H groups in total. The standard InChI is InChI=1S/C9H6F9N3/c1-4-19-2-3-21(4)6(9(16,17)18)20-5(7(10,11)12)8(13,14)15/h2-3,5H,1H3. The fourth-order valence-corrected chi connectivity index (χ4v) is 1.33. The van der Waals surface area contributed by atoms with Crippen LogP contribution in [0.5, 0.6) is 0 Å². The molecule has 0 aliphatic heterocycles. The number of halogens is 9. The second kappa shape index (κ2) is 5.22. The molecule has 0 fully saturated rings. The first-order chi connectivity index (χ1) is 9.24. The first-order valence-electron chi connectivity index (χ1n) is 5.03. The maximum absolute atomic E-state index is 12.7. The fraction of sp³-hybridized carbons (Fsp3) is 0.556. The number of rotatable bonds is 1. The first kappa shape index (κ1) is 17.3. The number of alkyl halides is 9. The van der Waals surface area contributed by atoms with Gasteiger partial charge in [0.2, 0.25) is 11.9 Å². The van der Waals surface area contributed by atoms with Crippen molar-refractivity contribution in [3.05, 3.63) is 18.2 Å². The van der Waals surface area contributed by atoms with Crippen LogP contribution in [0, 0.1) is 6.92 Å². The lowest BCUT2D eigenvalue weighted by Gasteiger charge is -2.22. The topological polar surface area (TPSA) is 30.2 Å². The van der Waals surface area contributed by atoms with Gasteiger partial charge in [0.05, 0.1) is 0 Å². The van der Waals surface area contributed by atoms with Crippen LogP contribution >= 0.6 is 0 Å². The van der Waals surface area contributed by atoms with Gasteiger partial charge >= 0.3 is 18.5 Å². The van der Waals surface area contributed by atoms with E-state index in [2.05, 4.69) is 4.98 Å². The van der Waals surface area contributed by atoms with E-state index in [0.717, 1.165) is 13.1 Å². The van der Waals surface area contributed by atoms with Gasteiger partial charge < -0.3 is 0 Å². The number of nitrogens with zero attached hydrogens (tertiary/aromatic N) is 3. The third-order valence-electron chi connectivity index (χ3n) is 2.18. The van der Waals surface area contributed by atoms with E-state index in [1.54, 1.807) is 0 Å². The van der Waals surface area contributed by atoms with Crippen LogP contribution in [0.4, 0.5) is 39.5 Å². The Morgan fingerprint density at radius 3 is 1.81 bits per heavy atom. The van der Waals surface area contributed by atoms with Gasteiger partial charge in [-0.15, -0.1) is 0 Å². The molecule has 0 spiro atoms. The lowest BCUT2D eigenvalue weighted by atomic mass is 10.3. The van der Waals surface area contributed by atoms with Crippen molar-refractivity contribution in [2.45, 2.75) is 31.5 Å². The van der Waals surface area contributed by atoms with Gasteiger partial charge in [-0.2, -0.15) is 39.5 Å². The SMILES string of the molecule is Cc1nccn1C(=NC(C(F)(F)F)C(F)(F)F)C(F)(F)F. The molecular formula is C9H6F9N3. The Morgan fingerprint density at radius 1 is 1.05 bits per heavy atom. The molecule has 0 saturated heterocycles. The molecule has 1 aromatic heterocycles. The van der Waals surface area contributed by atoms with Crippen molar-refractivity contribution in [3.8, 4) is 0 Å². The van der Waals surface area contributed by atoms with E-state index >= 15 is 0 Å². The molecule has 1 aromatic rings. The Labute approximate surface area is 111 Å². The predicted molar refractivity (Wildman–Crippen MR) is 51.7 cm³/mol. The highest BCUT2D eigenvalue weighted by atomic mass is 19.4. The Kier molecular flexibility index (Phi) is 4.30. The molecule has 0 atom stereocenters. The molecule has 0 aliphatic carbocycles. The maximum Gasteiger partial charge on any atom is 0.449 e. The maximum atomic E-state index is 12.7. The monoisotopic (exact) mass is 327 g/mol.